The number of allylic oxidation sites excluding steroid dienone is 2. The van der Waals surface area contributed by atoms with Crippen LogP contribution in [0.5, 0.6) is 0 Å². The molecule has 47 heavy (non-hydrogen) atoms. The smallest absolute Gasteiger partial charge is 0.373 e. The fourth-order valence-corrected chi connectivity index (χ4v) is 11.5. The Labute approximate surface area is 280 Å². The van der Waals surface area contributed by atoms with Crippen molar-refractivity contribution in [2.24, 2.45) is 55.4 Å². The van der Waals surface area contributed by atoms with E-state index in [1.807, 2.05) is 6.92 Å². The van der Waals surface area contributed by atoms with Crippen molar-refractivity contribution >= 4 is 23.4 Å². The number of fused-ring (bicyclic) bond motifs is 7. The Morgan fingerprint density at radius 3 is 2.40 bits per heavy atom. The van der Waals surface area contributed by atoms with Crippen molar-refractivity contribution in [3.8, 4) is 0 Å². The summed E-state index contributed by atoms with van der Waals surface area (Å²) in [7, 11) is 1.32. The average molecular weight is 650 g/mol. The van der Waals surface area contributed by atoms with Gasteiger partial charge < -0.3 is 18.7 Å². The third kappa shape index (κ3) is 4.96. The lowest BCUT2D eigenvalue weighted by molar-refractivity contribution is -0.177. The number of hydrogen-bond acceptors (Lipinski definition) is 8. The van der Waals surface area contributed by atoms with Crippen LogP contribution < -0.4 is 0 Å². The maximum atomic E-state index is 14.7. The molecule has 0 spiro atoms. The van der Waals surface area contributed by atoms with Crippen molar-refractivity contribution in [3.63, 3.8) is 0 Å². The van der Waals surface area contributed by atoms with Gasteiger partial charge in [0, 0.05) is 11.3 Å². The lowest BCUT2D eigenvalue weighted by Gasteiger charge is -2.70. The standard InChI is InChI=1S/C39H55NO7/c1-10-45-33(43)36(5)18-17-35(4)19-20-38(7)25(26(35)22-36)21-27(41)31-37(6)15-14-30(34(2,3)29(37)13-16-39(31,38)8)40-46-23-24-11-12-28(47-24)32(42)44-9/h11-12,21,26,29,31H,10,13-20,22-23H2,1-9H3/b40-30+/t26-,29-,31+,35+,36-,37-,38+,39+/m0/s1. The molecule has 4 fully saturated rings. The van der Waals surface area contributed by atoms with Crippen LogP contribution in [0.4, 0.5) is 0 Å². The fourth-order valence-electron chi connectivity index (χ4n) is 11.5. The first-order valence-corrected chi connectivity index (χ1v) is 17.8. The third-order valence-corrected chi connectivity index (χ3v) is 14.6. The summed E-state index contributed by atoms with van der Waals surface area (Å²) in [5.41, 5.74) is 1.19. The number of rotatable bonds is 6. The highest BCUT2D eigenvalue weighted by Gasteiger charge is 2.70. The topological polar surface area (TPSA) is 104 Å². The number of ether oxygens (including phenoxy) is 2. The molecule has 8 heteroatoms. The van der Waals surface area contributed by atoms with Gasteiger partial charge in [0.25, 0.3) is 0 Å². The molecule has 0 saturated heterocycles. The third-order valence-electron chi connectivity index (χ3n) is 14.6. The van der Waals surface area contributed by atoms with E-state index in [2.05, 4.69) is 59.7 Å². The average Bonchev–Trinajstić information content (AvgIpc) is 3.49. The van der Waals surface area contributed by atoms with Crippen molar-refractivity contribution in [2.75, 3.05) is 13.7 Å². The molecule has 1 aromatic rings. The molecule has 0 amide bonds. The highest BCUT2D eigenvalue weighted by molar-refractivity contribution is 5.97. The minimum Gasteiger partial charge on any atom is -0.466 e. The number of methoxy groups -OCH3 is 1. The van der Waals surface area contributed by atoms with Gasteiger partial charge in [0.15, 0.2) is 12.4 Å². The molecular formula is C39H55NO7. The summed E-state index contributed by atoms with van der Waals surface area (Å²) >= 11 is 0. The predicted molar refractivity (Wildman–Crippen MR) is 178 cm³/mol. The first kappa shape index (κ1) is 34.0. The second-order valence-corrected chi connectivity index (χ2v) is 17.3. The summed E-state index contributed by atoms with van der Waals surface area (Å²) in [6.07, 6.45) is 10.5. The molecule has 8 nitrogen and oxygen atoms in total. The van der Waals surface area contributed by atoms with Gasteiger partial charge in [-0.1, -0.05) is 52.3 Å². The Kier molecular flexibility index (Phi) is 8.19. The van der Waals surface area contributed by atoms with Crippen LogP contribution >= 0.6 is 0 Å². The molecule has 0 aromatic carbocycles. The van der Waals surface area contributed by atoms with Gasteiger partial charge in [-0.2, -0.15) is 0 Å². The number of esters is 2. The first-order chi connectivity index (χ1) is 22.0. The number of nitrogens with zero attached hydrogens (tertiary/aromatic N) is 1. The summed E-state index contributed by atoms with van der Waals surface area (Å²) in [6, 6.07) is 3.28. The van der Waals surface area contributed by atoms with Gasteiger partial charge in [-0.05, 0) is 123 Å². The van der Waals surface area contributed by atoms with Crippen LogP contribution in [0.3, 0.4) is 0 Å². The zero-order valence-corrected chi connectivity index (χ0v) is 30.0. The minimum absolute atomic E-state index is 0.0755. The first-order valence-electron chi connectivity index (χ1n) is 17.8. The van der Waals surface area contributed by atoms with Crippen LogP contribution in [-0.4, -0.2) is 37.2 Å². The van der Waals surface area contributed by atoms with Crippen molar-refractivity contribution in [2.45, 2.75) is 120 Å². The SMILES string of the molecule is CCOC(=O)[C@@]1(C)CC[C@]2(C)CC[C@]3(C)C(=CC(=O)[C@@H]4[C@@]5(C)CC/C(=N\OCc6ccc(C(=O)OC)o6)C(C)(C)[C@@H]5CC[C@]43C)[C@@H]2C1. The monoisotopic (exact) mass is 649 g/mol. The van der Waals surface area contributed by atoms with Crippen LogP contribution in [0.1, 0.15) is 129 Å². The largest absolute Gasteiger partial charge is 0.466 e. The Morgan fingerprint density at radius 2 is 1.70 bits per heavy atom. The Hall–Kier alpha value is -2.90. The van der Waals surface area contributed by atoms with E-state index in [4.69, 9.17) is 18.7 Å². The second-order valence-electron chi connectivity index (χ2n) is 17.3. The molecule has 6 rings (SSSR count). The van der Waals surface area contributed by atoms with E-state index in [9.17, 15) is 14.4 Å². The molecule has 5 aliphatic rings. The van der Waals surface area contributed by atoms with Crippen molar-refractivity contribution in [1.82, 2.24) is 0 Å². The minimum atomic E-state index is -0.524. The van der Waals surface area contributed by atoms with Crippen molar-refractivity contribution in [1.29, 1.82) is 0 Å². The summed E-state index contributed by atoms with van der Waals surface area (Å²) < 4.78 is 15.9. The predicted octanol–water partition coefficient (Wildman–Crippen LogP) is 8.48. The van der Waals surface area contributed by atoms with Crippen LogP contribution in [0.25, 0.3) is 0 Å². The number of ketones is 1. The van der Waals surface area contributed by atoms with E-state index in [-0.39, 0.29) is 68.9 Å². The lowest BCUT2D eigenvalue weighted by atomic mass is 9.33. The van der Waals surface area contributed by atoms with E-state index in [1.165, 1.54) is 12.7 Å². The van der Waals surface area contributed by atoms with Gasteiger partial charge in [0.2, 0.25) is 5.76 Å². The molecule has 8 atom stereocenters. The van der Waals surface area contributed by atoms with E-state index in [0.717, 1.165) is 63.5 Å². The van der Waals surface area contributed by atoms with Gasteiger partial charge >= 0.3 is 11.9 Å². The van der Waals surface area contributed by atoms with E-state index >= 15 is 0 Å². The van der Waals surface area contributed by atoms with Gasteiger partial charge in [-0.15, -0.1) is 0 Å². The zero-order chi connectivity index (χ0) is 34.2. The summed E-state index contributed by atoms with van der Waals surface area (Å²) in [5.74, 6) is 0.721. The summed E-state index contributed by atoms with van der Waals surface area (Å²) in [4.78, 5) is 45.5. The quantitative estimate of drug-likeness (QED) is 0.225. The summed E-state index contributed by atoms with van der Waals surface area (Å²) in [5, 5.41) is 4.65. The van der Waals surface area contributed by atoms with E-state index in [0.29, 0.717) is 12.4 Å². The van der Waals surface area contributed by atoms with Crippen molar-refractivity contribution in [3.05, 3.63) is 35.3 Å². The maximum Gasteiger partial charge on any atom is 0.373 e. The highest BCUT2D eigenvalue weighted by atomic mass is 16.6. The number of carbonyl (C=O) groups excluding carboxylic acids is 3. The van der Waals surface area contributed by atoms with Crippen LogP contribution in [0, 0.1) is 50.2 Å². The van der Waals surface area contributed by atoms with E-state index < -0.39 is 11.4 Å². The molecule has 0 radical (unpaired) electrons. The zero-order valence-electron chi connectivity index (χ0n) is 30.0. The van der Waals surface area contributed by atoms with Crippen LogP contribution in [-0.2, 0) is 30.5 Å². The Bertz CT molecular complexity index is 1520. The maximum absolute atomic E-state index is 14.7. The van der Waals surface area contributed by atoms with Gasteiger partial charge in [-0.25, -0.2) is 4.79 Å². The fraction of sp³-hybridized carbons (Fsp3) is 0.744. The normalized spacial score (nSPS) is 41.5. The van der Waals surface area contributed by atoms with Gasteiger partial charge in [0.1, 0.15) is 5.76 Å². The molecule has 0 N–H and O–H groups in total. The van der Waals surface area contributed by atoms with Gasteiger partial charge in [-0.3, -0.25) is 9.59 Å². The molecular weight excluding hydrogens is 594 g/mol. The molecule has 0 aliphatic heterocycles. The van der Waals surface area contributed by atoms with Gasteiger partial charge in [0.05, 0.1) is 24.8 Å². The molecule has 0 bridgehead atoms. The number of furan rings is 1. The summed E-state index contributed by atoms with van der Waals surface area (Å²) in [6.45, 7) is 18.7. The Morgan fingerprint density at radius 1 is 0.979 bits per heavy atom. The molecule has 4 saturated carbocycles. The highest BCUT2D eigenvalue weighted by Crippen LogP contribution is 2.75. The van der Waals surface area contributed by atoms with E-state index in [1.54, 1.807) is 12.1 Å². The number of oxime groups is 1. The molecule has 0 unspecified atom stereocenters. The number of carbonyl (C=O) groups is 3. The molecule has 5 aliphatic carbocycles. The van der Waals surface area contributed by atoms with Crippen LogP contribution in [0.2, 0.25) is 0 Å². The van der Waals surface area contributed by atoms with Crippen molar-refractivity contribution < 1.29 is 33.1 Å². The molecule has 258 valence electrons. The van der Waals surface area contributed by atoms with Crippen LogP contribution in [0.15, 0.2) is 33.4 Å². The molecule has 1 aromatic heterocycles. The molecule has 1 heterocycles. The lowest BCUT2D eigenvalue weighted by Crippen LogP contribution is -2.66. The number of hydrogen-bond donors (Lipinski definition) is 0. The second kappa shape index (κ2) is 11.3. The Balaban J connectivity index is 1.28.